The van der Waals surface area contributed by atoms with E-state index in [2.05, 4.69) is 59.9 Å². The molecule has 196 valence electrons. The maximum Gasteiger partial charge on any atom is 0.335 e. The summed E-state index contributed by atoms with van der Waals surface area (Å²) in [7, 11) is 1.57. The molecule has 38 heavy (non-hydrogen) atoms. The Hall–Kier alpha value is -3.87. The van der Waals surface area contributed by atoms with E-state index >= 15 is 0 Å². The van der Waals surface area contributed by atoms with Gasteiger partial charge in [-0.1, -0.05) is 48.5 Å². The highest BCUT2D eigenvalue weighted by Gasteiger charge is 2.27. The molecule has 6 heteroatoms. The average molecular weight is 512 g/mol. The molecule has 1 aliphatic heterocycles. The molecule has 0 amide bonds. The standard InChI is InChI=1S/C32H33NO5/c1-36-28-12-13-30(32(34)35)26(19-28)15-17-37-27-10-8-24(9-11-27)29-14-16-33-20-31(29)38-21-22-6-7-23-4-2-3-5-25(23)18-22/h2-13,18-19,29,31,33H,14-17,20-21H2,1H3,(H,34,35). The first kappa shape index (κ1) is 25.8. The van der Waals surface area contributed by atoms with Crippen LogP contribution in [0.1, 0.15) is 39.4 Å². The number of nitrogens with one attached hydrogen (secondary N) is 1. The zero-order valence-electron chi connectivity index (χ0n) is 21.6. The molecular weight excluding hydrogens is 478 g/mol. The zero-order valence-corrected chi connectivity index (χ0v) is 21.6. The highest BCUT2D eigenvalue weighted by atomic mass is 16.5. The van der Waals surface area contributed by atoms with E-state index in [0.717, 1.165) is 25.3 Å². The lowest BCUT2D eigenvalue weighted by molar-refractivity contribution is 0.0106. The average Bonchev–Trinajstić information content (AvgIpc) is 2.96. The molecule has 0 aliphatic carbocycles. The molecule has 0 aromatic heterocycles. The van der Waals surface area contributed by atoms with Crippen LogP contribution in [-0.2, 0) is 17.8 Å². The van der Waals surface area contributed by atoms with Crippen LogP contribution in [0, 0.1) is 0 Å². The first-order valence-electron chi connectivity index (χ1n) is 13.0. The molecule has 2 N–H and O–H groups in total. The number of rotatable bonds is 10. The third-order valence-electron chi connectivity index (χ3n) is 7.20. The van der Waals surface area contributed by atoms with Crippen LogP contribution in [0.15, 0.2) is 84.9 Å². The molecule has 2 unspecified atom stereocenters. The molecule has 2 atom stereocenters. The largest absolute Gasteiger partial charge is 0.497 e. The molecular formula is C32H33NO5. The van der Waals surface area contributed by atoms with Crippen LogP contribution in [-0.4, -0.2) is 44.0 Å². The van der Waals surface area contributed by atoms with Crippen LogP contribution in [0.3, 0.4) is 0 Å². The Morgan fingerprint density at radius 1 is 0.947 bits per heavy atom. The van der Waals surface area contributed by atoms with E-state index in [-0.39, 0.29) is 11.7 Å². The van der Waals surface area contributed by atoms with Crippen LogP contribution < -0.4 is 14.8 Å². The predicted octanol–water partition coefficient (Wildman–Crippen LogP) is 5.83. The molecule has 1 fully saturated rings. The van der Waals surface area contributed by atoms with Gasteiger partial charge in [-0.05, 0) is 76.8 Å². The number of hydrogen-bond donors (Lipinski definition) is 2. The van der Waals surface area contributed by atoms with Crippen molar-refractivity contribution in [1.82, 2.24) is 5.32 Å². The number of benzene rings is 4. The molecule has 0 spiro atoms. The van der Waals surface area contributed by atoms with Crippen molar-refractivity contribution in [2.24, 2.45) is 0 Å². The molecule has 4 aromatic carbocycles. The summed E-state index contributed by atoms with van der Waals surface area (Å²) in [6, 6.07) is 28.1. The minimum atomic E-state index is -0.952. The van der Waals surface area contributed by atoms with Gasteiger partial charge in [-0.2, -0.15) is 0 Å². The predicted molar refractivity (Wildman–Crippen MR) is 148 cm³/mol. The van der Waals surface area contributed by atoms with Crippen molar-refractivity contribution in [3.05, 3.63) is 107 Å². The topological polar surface area (TPSA) is 77.0 Å². The molecule has 0 bridgehead atoms. The number of ether oxygens (including phenoxy) is 3. The number of piperidine rings is 1. The molecule has 1 heterocycles. The maximum absolute atomic E-state index is 11.6. The minimum Gasteiger partial charge on any atom is -0.497 e. The second-order valence-corrected chi connectivity index (χ2v) is 9.63. The second-order valence-electron chi connectivity index (χ2n) is 9.63. The van der Waals surface area contributed by atoms with Crippen LogP contribution in [0.25, 0.3) is 10.8 Å². The van der Waals surface area contributed by atoms with Crippen molar-refractivity contribution in [2.75, 3.05) is 26.8 Å². The molecule has 4 aromatic rings. The fourth-order valence-electron chi connectivity index (χ4n) is 5.12. The van der Waals surface area contributed by atoms with E-state index in [0.29, 0.717) is 36.9 Å². The number of carbonyl (C=O) groups is 1. The SMILES string of the molecule is COc1ccc(C(=O)O)c(CCOc2ccc(C3CCNCC3OCc3ccc4ccccc4c3)cc2)c1. The Bertz CT molecular complexity index is 1380. The Morgan fingerprint density at radius 3 is 2.53 bits per heavy atom. The van der Waals surface area contributed by atoms with Gasteiger partial charge in [0.25, 0.3) is 0 Å². The number of carboxylic acids is 1. The van der Waals surface area contributed by atoms with Crippen molar-refractivity contribution in [1.29, 1.82) is 0 Å². The number of hydrogen-bond acceptors (Lipinski definition) is 5. The van der Waals surface area contributed by atoms with Crippen LogP contribution in [0.5, 0.6) is 11.5 Å². The van der Waals surface area contributed by atoms with Gasteiger partial charge >= 0.3 is 5.97 Å². The molecule has 1 saturated heterocycles. The minimum absolute atomic E-state index is 0.0875. The summed E-state index contributed by atoms with van der Waals surface area (Å²) in [6.07, 6.45) is 1.57. The lowest BCUT2D eigenvalue weighted by Gasteiger charge is -2.32. The van der Waals surface area contributed by atoms with Gasteiger partial charge in [0.15, 0.2) is 0 Å². The van der Waals surface area contributed by atoms with E-state index in [9.17, 15) is 9.90 Å². The van der Waals surface area contributed by atoms with Gasteiger partial charge in [-0.3, -0.25) is 0 Å². The summed E-state index contributed by atoms with van der Waals surface area (Å²) in [5.41, 5.74) is 3.38. The van der Waals surface area contributed by atoms with Crippen molar-refractivity contribution in [3.8, 4) is 11.5 Å². The Kier molecular flexibility index (Phi) is 8.22. The number of aromatic carboxylic acids is 1. The first-order chi connectivity index (χ1) is 18.6. The van der Waals surface area contributed by atoms with Crippen LogP contribution in [0.2, 0.25) is 0 Å². The van der Waals surface area contributed by atoms with Gasteiger partial charge in [-0.25, -0.2) is 4.79 Å². The smallest absolute Gasteiger partial charge is 0.335 e. The lowest BCUT2D eigenvalue weighted by atomic mass is 9.87. The van der Waals surface area contributed by atoms with Gasteiger partial charge < -0.3 is 24.6 Å². The van der Waals surface area contributed by atoms with Crippen molar-refractivity contribution in [3.63, 3.8) is 0 Å². The van der Waals surface area contributed by atoms with Crippen LogP contribution >= 0.6 is 0 Å². The van der Waals surface area contributed by atoms with Gasteiger partial charge in [-0.15, -0.1) is 0 Å². The highest BCUT2D eigenvalue weighted by Crippen LogP contribution is 2.30. The van der Waals surface area contributed by atoms with E-state index in [1.807, 2.05) is 12.1 Å². The van der Waals surface area contributed by atoms with E-state index in [1.54, 1.807) is 25.3 Å². The Balaban J connectivity index is 1.19. The zero-order chi connectivity index (χ0) is 26.3. The van der Waals surface area contributed by atoms with Crippen molar-refractivity contribution in [2.45, 2.75) is 31.5 Å². The van der Waals surface area contributed by atoms with E-state index in [1.165, 1.54) is 21.9 Å². The third kappa shape index (κ3) is 6.15. The Labute approximate surface area is 223 Å². The van der Waals surface area contributed by atoms with Gasteiger partial charge in [0, 0.05) is 18.9 Å². The Morgan fingerprint density at radius 2 is 1.74 bits per heavy atom. The molecule has 1 aliphatic rings. The number of fused-ring (bicyclic) bond motifs is 1. The second kappa shape index (κ2) is 12.1. The van der Waals surface area contributed by atoms with E-state index < -0.39 is 5.97 Å². The first-order valence-corrected chi connectivity index (χ1v) is 13.0. The quantitative estimate of drug-likeness (QED) is 0.279. The third-order valence-corrected chi connectivity index (χ3v) is 7.20. The molecule has 0 saturated carbocycles. The monoisotopic (exact) mass is 511 g/mol. The van der Waals surface area contributed by atoms with E-state index in [4.69, 9.17) is 14.2 Å². The maximum atomic E-state index is 11.6. The summed E-state index contributed by atoms with van der Waals surface area (Å²) in [5, 5.41) is 15.4. The van der Waals surface area contributed by atoms with Crippen molar-refractivity contribution < 1.29 is 24.1 Å². The molecule has 0 radical (unpaired) electrons. The van der Waals surface area contributed by atoms with Crippen molar-refractivity contribution >= 4 is 16.7 Å². The lowest BCUT2D eigenvalue weighted by Crippen LogP contribution is -2.40. The normalized spacial score (nSPS) is 17.3. The van der Waals surface area contributed by atoms with Gasteiger partial charge in [0.1, 0.15) is 11.5 Å². The summed E-state index contributed by atoms with van der Waals surface area (Å²) >= 11 is 0. The fourth-order valence-corrected chi connectivity index (χ4v) is 5.12. The number of carboxylic acid groups (broad SMARTS) is 1. The summed E-state index contributed by atoms with van der Waals surface area (Å²) in [6.45, 7) is 2.74. The summed E-state index contributed by atoms with van der Waals surface area (Å²) < 4.78 is 17.6. The summed E-state index contributed by atoms with van der Waals surface area (Å²) in [5.74, 6) is 0.747. The highest BCUT2D eigenvalue weighted by molar-refractivity contribution is 5.89. The van der Waals surface area contributed by atoms with Crippen LogP contribution in [0.4, 0.5) is 0 Å². The van der Waals surface area contributed by atoms with Gasteiger partial charge in [0.2, 0.25) is 0 Å². The van der Waals surface area contributed by atoms with Gasteiger partial charge in [0.05, 0.1) is 32.0 Å². The fraction of sp³-hybridized carbons (Fsp3) is 0.281. The molecule has 5 rings (SSSR count). The molecule has 6 nitrogen and oxygen atoms in total. The number of methoxy groups -OCH3 is 1. The summed E-state index contributed by atoms with van der Waals surface area (Å²) in [4.78, 5) is 11.6.